The van der Waals surface area contributed by atoms with Crippen molar-refractivity contribution >= 4 is 23.2 Å². The average molecular weight is 267 g/mol. The van der Waals surface area contributed by atoms with E-state index < -0.39 is 23.7 Å². The van der Waals surface area contributed by atoms with E-state index in [0.29, 0.717) is 0 Å². The van der Waals surface area contributed by atoms with Gasteiger partial charge in [-0.1, -0.05) is 11.6 Å². The molecule has 94 valence electrons. The summed E-state index contributed by atoms with van der Waals surface area (Å²) in [4.78, 5) is 11.2. The molecule has 0 saturated carbocycles. The van der Waals surface area contributed by atoms with Crippen LogP contribution in [0.15, 0.2) is 18.2 Å². The van der Waals surface area contributed by atoms with Crippen LogP contribution in [0.3, 0.4) is 0 Å². The lowest BCUT2D eigenvalue weighted by Gasteiger charge is -2.12. The molecule has 17 heavy (non-hydrogen) atoms. The minimum Gasteiger partial charge on any atom is -0.323 e. The second-order valence-corrected chi connectivity index (χ2v) is 3.88. The SMILES string of the molecule is C[C@H](N)C(=O)Nc1cc(C(F)(F)F)ccc1Cl. The smallest absolute Gasteiger partial charge is 0.323 e. The van der Waals surface area contributed by atoms with Gasteiger partial charge in [0.25, 0.3) is 0 Å². The van der Waals surface area contributed by atoms with Gasteiger partial charge >= 0.3 is 6.18 Å². The predicted octanol–water partition coefficient (Wildman–Crippen LogP) is 2.64. The minimum atomic E-state index is -4.49. The van der Waals surface area contributed by atoms with Gasteiger partial charge in [0.15, 0.2) is 0 Å². The van der Waals surface area contributed by atoms with Gasteiger partial charge < -0.3 is 11.1 Å². The first-order valence-corrected chi connectivity index (χ1v) is 5.03. The van der Waals surface area contributed by atoms with Crippen LogP contribution in [0.4, 0.5) is 18.9 Å². The average Bonchev–Trinajstić information content (AvgIpc) is 2.19. The molecule has 0 radical (unpaired) electrons. The van der Waals surface area contributed by atoms with Crippen LogP contribution >= 0.6 is 11.6 Å². The summed E-state index contributed by atoms with van der Waals surface area (Å²) >= 11 is 5.67. The van der Waals surface area contributed by atoms with Crippen molar-refractivity contribution in [2.45, 2.75) is 19.1 Å². The second-order valence-electron chi connectivity index (χ2n) is 3.47. The minimum absolute atomic E-state index is 0.0204. The highest BCUT2D eigenvalue weighted by molar-refractivity contribution is 6.33. The predicted molar refractivity (Wildman–Crippen MR) is 58.7 cm³/mol. The zero-order chi connectivity index (χ0) is 13.2. The van der Waals surface area contributed by atoms with Crippen molar-refractivity contribution in [2.75, 3.05) is 5.32 Å². The summed E-state index contributed by atoms with van der Waals surface area (Å²) in [5, 5.41) is 2.25. The van der Waals surface area contributed by atoms with Gasteiger partial charge in [-0.15, -0.1) is 0 Å². The number of nitrogens with one attached hydrogen (secondary N) is 1. The Labute approximate surface area is 101 Å². The highest BCUT2D eigenvalue weighted by Gasteiger charge is 2.31. The summed E-state index contributed by atoms with van der Waals surface area (Å²) in [5.74, 6) is -0.605. The number of anilines is 1. The van der Waals surface area contributed by atoms with Crippen molar-refractivity contribution in [1.29, 1.82) is 0 Å². The van der Waals surface area contributed by atoms with Crippen LogP contribution in [0.2, 0.25) is 5.02 Å². The summed E-state index contributed by atoms with van der Waals surface area (Å²) < 4.78 is 37.2. The molecule has 0 spiro atoms. The van der Waals surface area contributed by atoms with Gasteiger partial charge in [0.1, 0.15) is 0 Å². The number of benzene rings is 1. The van der Waals surface area contributed by atoms with Crippen molar-refractivity contribution < 1.29 is 18.0 Å². The van der Waals surface area contributed by atoms with Gasteiger partial charge in [-0.25, -0.2) is 0 Å². The van der Waals surface area contributed by atoms with E-state index in [9.17, 15) is 18.0 Å². The van der Waals surface area contributed by atoms with Gasteiger partial charge in [0.2, 0.25) is 5.91 Å². The molecule has 1 aromatic carbocycles. The fourth-order valence-corrected chi connectivity index (χ4v) is 1.21. The molecule has 3 nitrogen and oxygen atoms in total. The van der Waals surface area contributed by atoms with Crippen LogP contribution in [0, 0.1) is 0 Å². The number of halogens is 4. The lowest BCUT2D eigenvalue weighted by Crippen LogP contribution is -2.32. The molecule has 0 aromatic heterocycles. The molecule has 1 atom stereocenters. The quantitative estimate of drug-likeness (QED) is 0.865. The van der Waals surface area contributed by atoms with E-state index in [4.69, 9.17) is 17.3 Å². The van der Waals surface area contributed by atoms with E-state index in [1.54, 1.807) is 0 Å². The lowest BCUT2D eigenvalue weighted by atomic mass is 10.2. The normalized spacial score (nSPS) is 13.3. The Balaban J connectivity index is 3.03. The summed E-state index contributed by atoms with van der Waals surface area (Å²) in [6.07, 6.45) is -4.49. The Morgan fingerprint density at radius 2 is 2.06 bits per heavy atom. The standard InChI is InChI=1S/C10H10ClF3N2O/c1-5(15)9(17)16-8-4-6(10(12,13)14)2-3-7(8)11/h2-5H,15H2,1H3,(H,16,17)/t5-/m0/s1. The topological polar surface area (TPSA) is 55.1 Å². The first-order chi connectivity index (χ1) is 7.71. The van der Waals surface area contributed by atoms with Gasteiger partial charge in [0.05, 0.1) is 22.3 Å². The maximum absolute atomic E-state index is 12.4. The van der Waals surface area contributed by atoms with E-state index in [0.717, 1.165) is 18.2 Å². The van der Waals surface area contributed by atoms with Crippen LogP contribution < -0.4 is 11.1 Å². The lowest BCUT2D eigenvalue weighted by molar-refractivity contribution is -0.137. The third-order valence-corrected chi connectivity index (χ3v) is 2.29. The van der Waals surface area contributed by atoms with Crippen molar-refractivity contribution in [3.8, 4) is 0 Å². The molecule has 3 N–H and O–H groups in total. The Bertz CT molecular complexity index is 432. The molecule has 0 aliphatic carbocycles. The Kier molecular flexibility index (Phi) is 4.00. The number of hydrogen-bond donors (Lipinski definition) is 2. The van der Waals surface area contributed by atoms with E-state index >= 15 is 0 Å². The number of carbonyl (C=O) groups is 1. The molecule has 0 heterocycles. The number of amides is 1. The fraction of sp³-hybridized carbons (Fsp3) is 0.300. The number of alkyl halides is 3. The second kappa shape index (κ2) is 4.93. The van der Waals surface area contributed by atoms with Crippen LogP contribution in [0.5, 0.6) is 0 Å². The largest absolute Gasteiger partial charge is 0.416 e. The number of rotatable bonds is 2. The van der Waals surface area contributed by atoms with Crippen LogP contribution in [-0.2, 0) is 11.0 Å². The van der Waals surface area contributed by atoms with Crippen LogP contribution in [0.1, 0.15) is 12.5 Å². The summed E-state index contributed by atoms with van der Waals surface area (Å²) in [5.41, 5.74) is 4.29. The van der Waals surface area contributed by atoms with E-state index in [-0.39, 0.29) is 10.7 Å². The summed E-state index contributed by atoms with van der Waals surface area (Å²) in [6, 6.07) is 1.84. The van der Waals surface area contributed by atoms with E-state index in [1.165, 1.54) is 6.92 Å². The van der Waals surface area contributed by atoms with Gasteiger partial charge in [-0.05, 0) is 25.1 Å². The van der Waals surface area contributed by atoms with Gasteiger partial charge in [-0.3, -0.25) is 4.79 Å². The van der Waals surface area contributed by atoms with Gasteiger partial charge in [0, 0.05) is 0 Å². The molecular formula is C10H10ClF3N2O. The third-order valence-electron chi connectivity index (χ3n) is 1.97. The van der Waals surface area contributed by atoms with E-state index in [1.807, 2.05) is 0 Å². The third kappa shape index (κ3) is 3.61. The Morgan fingerprint density at radius 1 is 1.47 bits per heavy atom. The van der Waals surface area contributed by atoms with E-state index in [2.05, 4.69) is 5.32 Å². The Hall–Kier alpha value is -1.27. The molecule has 0 aliphatic rings. The molecule has 1 aromatic rings. The highest BCUT2D eigenvalue weighted by atomic mass is 35.5. The monoisotopic (exact) mass is 266 g/mol. The molecule has 1 rings (SSSR count). The van der Waals surface area contributed by atoms with Crippen molar-refractivity contribution in [3.05, 3.63) is 28.8 Å². The first kappa shape index (κ1) is 13.8. The number of nitrogens with two attached hydrogens (primary N) is 1. The molecular weight excluding hydrogens is 257 g/mol. The summed E-state index contributed by atoms with van der Waals surface area (Å²) in [7, 11) is 0. The molecule has 0 bridgehead atoms. The summed E-state index contributed by atoms with van der Waals surface area (Å²) in [6.45, 7) is 1.41. The van der Waals surface area contributed by atoms with Crippen molar-refractivity contribution in [2.24, 2.45) is 5.73 Å². The van der Waals surface area contributed by atoms with Crippen molar-refractivity contribution in [3.63, 3.8) is 0 Å². The molecule has 1 amide bonds. The number of carbonyl (C=O) groups excluding carboxylic acids is 1. The molecule has 0 aliphatic heterocycles. The van der Waals surface area contributed by atoms with Crippen LogP contribution in [-0.4, -0.2) is 11.9 Å². The highest BCUT2D eigenvalue weighted by Crippen LogP contribution is 2.33. The molecule has 7 heteroatoms. The first-order valence-electron chi connectivity index (χ1n) is 4.65. The molecule has 0 unspecified atom stereocenters. The zero-order valence-corrected chi connectivity index (χ0v) is 9.56. The maximum atomic E-state index is 12.4. The van der Waals surface area contributed by atoms with Crippen molar-refractivity contribution in [1.82, 2.24) is 0 Å². The zero-order valence-electron chi connectivity index (χ0n) is 8.81. The number of hydrogen-bond acceptors (Lipinski definition) is 2. The van der Waals surface area contributed by atoms with Gasteiger partial charge in [-0.2, -0.15) is 13.2 Å². The molecule has 0 saturated heterocycles. The van der Waals surface area contributed by atoms with Crippen LogP contribution in [0.25, 0.3) is 0 Å². The fourth-order valence-electron chi connectivity index (χ4n) is 1.04. The molecule has 0 fully saturated rings. The maximum Gasteiger partial charge on any atom is 0.416 e. The Morgan fingerprint density at radius 3 is 2.53 bits per heavy atom.